The standard InChI is InChI=1S/C17H23NO2/c1-17(2,3)20-16(19)18-12-8-7-11-15(18)13-14-9-5-4-6-10-14/h4-7,9-11,15H,8,12-13H2,1-3H3/t15-/m1/s1. The summed E-state index contributed by atoms with van der Waals surface area (Å²) in [5, 5.41) is 0. The molecule has 1 aromatic carbocycles. The Balaban J connectivity index is 2.07. The Morgan fingerprint density at radius 1 is 1.30 bits per heavy atom. The van der Waals surface area contributed by atoms with Gasteiger partial charge in [0, 0.05) is 6.54 Å². The molecule has 1 aliphatic rings. The maximum atomic E-state index is 12.3. The highest BCUT2D eigenvalue weighted by molar-refractivity contribution is 5.69. The van der Waals surface area contributed by atoms with E-state index in [1.54, 1.807) is 0 Å². The highest BCUT2D eigenvalue weighted by atomic mass is 16.6. The molecule has 0 bridgehead atoms. The summed E-state index contributed by atoms with van der Waals surface area (Å²) in [6.07, 6.45) is 5.76. The second kappa shape index (κ2) is 6.12. The fourth-order valence-corrected chi connectivity index (χ4v) is 2.32. The normalized spacial score (nSPS) is 18.9. The lowest BCUT2D eigenvalue weighted by Crippen LogP contribution is -2.45. The van der Waals surface area contributed by atoms with Gasteiger partial charge in [0.15, 0.2) is 0 Å². The van der Waals surface area contributed by atoms with Gasteiger partial charge in [-0.2, -0.15) is 0 Å². The summed E-state index contributed by atoms with van der Waals surface area (Å²) in [5.41, 5.74) is 0.785. The zero-order chi connectivity index (χ0) is 14.6. The minimum absolute atomic E-state index is 0.0843. The Labute approximate surface area is 121 Å². The Kier molecular flexibility index (Phi) is 4.48. The number of rotatable bonds is 2. The van der Waals surface area contributed by atoms with Crippen LogP contribution in [-0.2, 0) is 11.2 Å². The first-order valence-corrected chi connectivity index (χ1v) is 7.16. The summed E-state index contributed by atoms with van der Waals surface area (Å²) in [6.45, 7) is 6.42. The van der Waals surface area contributed by atoms with Crippen LogP contribution < -0.4 is 0 Å². The van der Waals surface area contributed by atoms with Crippen LogP contribution in [0, 0.1) is 0 Å². The summed E-state index contributed by atoms with van der Waals surface area (Å²) in [5.74, 6) is 0. The molecular formula is C17H23NO2. The van der Waals surface area contributed by atoms with Crippen LogP contribution in [0.1, 0.15) is 32.8 Å². The van der Waals surface area contributed by atoms with E-state index in [9.17, 15) is 4.79 Å². The van der Waals surface area contributed by atoms with Crippen molar-refractivity contribution in [2.24, 2.45) is 0 Å². The second-order valence-electron chi connectivity index (χ2n) is 6.15. The first kappa shape index (κ1) is 14.6. The number of hydrogen-bond acceptors (Lipinski definition) is 2. The second-order valence-corrected chi connectivity index (χ2v) is 6.15. The molecule has 0 aromatic heterocycles. The highest BCUT2D eigenvalue weighted by Crippen LogP contribution is 2.19. The molecule has 20 heavy (non-hydrogen) atoms. The smallest absolute Gasteiger partial charge is 0.410 e. The van der Waals surface area contributed by atoms with Crippen molar-refractivity contribution in [2.45, 2.75) is 45.3 Å². The van der Waals surface area contributed by atoms with Gasteiger partial charge in [0.25, 0.3) is 0 Å². The summed E-state index contributed by atoms with van der Waals surface area (Å²) >= 11 is 0. The van der Waals surface area contributed by atoms with Gasteiger partial charge in [-0.25, -0.2) is 4.79 Å². The molecule has 0 aliphatic carbocycles. The molecule has 0 unspecified atom stereocenters. The number of benzene rings is 1. The first-order valence-electron chi connectivity index (χ1n) is 7.16. The number of carbonyl (C=O) groups is 1. The lowest BCUT2D eigenvalue weighted by atomic mass is 10.0. The Morgan fingerprint density at radius 2 is 2.00 bits per heavy atom. The molecule has 1 heterocycles. The zero-order valence-corrected chi connectivity index (χ0v) is 12.5. The molecule has 108 valence electrons. The van der Waals surface area contributed by atoms with E-state index in [1.165, 1.54) is 5.56 Å². The molecule has 1 amide bonds. The monoisotopic (exact) mass is 273 g/mol. The Hall–Kier alpha value is -1.77. The van der Waals surface area contributed by atoms with Gasteiger partial charge in [-0.1, -0.05) is 42.5 Å². The zero-order valence-electron chi connectivity index (χ0n) is 12.5. The van der Waals surface area contributed by atoms with E-state index in [2.05, 4.69) is 24.3 Å². The van der Waals surface area contributed by atoms with E-state index in [0.717, 1.165) is 19.4 Å². The van der Waals surface area contributed by atoms with Gasteiger partial charge in [-0.3, -0.25) is 0 Å². The molecule has 1 atom stereocenters. The topological polar surface area (TPSA) is 29.5 Å². The Bertz CT molecular complexity index is 474. The molecule has 2 rings (SSSR count). The lowest BCUT2D eigenvalue weighted by Gasteiger charge is -2.34. The molecule has 1 aromatic rings. The fourth-order valence-electron chi connectivity index (χ4n) is 2.32. The number of carbonyl (C=O) groups excluding carboxylic acids is 1. The molecule has 0 saturated heterocycles. The van der Waals surface area contributed by atoms with E-state index < -0.39 is 5.60 Å². The summed E-state index contributed by atoms with van der Waals surface area (Å²) < 4.78 is 5.50. The van der Waals surface area contributed by atoms with Crippen LogP contribution in [0.25, 0.3) is 0 Å². The van der Waals surface area contributed by atoms with Crippen LogP contribution in [0.15, 0.2) is 42.5 Å². The van der Waals surface area contributed by atoms with Crippen LogP contribution in [0.5, 0.6) is 0 Å². The van der Waals surface area contributed by atoms with Crippen LogP contribution in [-0.4, -0.2) is 29.2 Å². The number of ether oxygens (including phenoxy) is 1. The van der Waals surface area contributed by atoms with Crippen molar-refractivity contribution in [2.75, 3.05) is 6.54 Å². The van der Waals surface area contributed by atoms with Crippen LogP contribution in [0.3, 0.4) is 0 Å². The van der Waals surface area contributed by atoms with Gasteiger partial charge in [0.2, 0.25) is 0 Å². The SMILES string of the molecule is CC(C)(C)OC(=O)N1CCC=C[C@@H]1Cc1ccccc1. The summed E-state index contributed by atoms with van der Waals surface area (Å²) in [6, 6.07) is 10.3. The minimum atomic E-state index is -0.449. The third-order valence-corrected chi connectivity index (χ3v) is 3.21. The van der Waals surface area contributed by atoms with Gasteiger partial charge in [-0.15, -0.1) is 0 Å². The van der Waals surface area contributed by atoms with E-state index in [4.69, 9.17) is 4.74 Å². The minimum Gasteiger partial charge on any atom is -0.444 e. The number of amides is 1. The fraction of sp³-hybridized carbons (Fsp3) is 0.471. The van der Waals surface area contributed by atoms with E-state index in [1.807, 2.05) is 43.9 Å². The van der Waals surface area contributed by atoms with Crippen molar-refractivity contribution in [3.05, 3.63) is 48.0 Å². The van der Waals surface area contributed by atoms with Gasteiger partial charge < -0.3 is 9.64 Å². The van der Waals surface area contributed by atoms with Crippen LogP contribution >= 0.6 is 0 Å². The molecule has 0 radical (unpaired) electrons. The molecular weight excluding hydrogens is 250 g/mol. The van der Waals surface area contributed by atoms with Gasteiger partial charge in [0.05, 0.1) is 6.04 Å². The van der Waals surface area contributed by atoms with E-state index >= 15 is 0 Å². The molecule has 3 heteroatoms. The average Bonchev–Trinajstić information content (AvgIpc) is 2.38. The van der Waals surface area contributed by atoms with E-state index in [0.29, 0.717) is 0 Å². The van der Waals surface area contributed by atoms with Crippen molar-refractivity contribution < 1.29 is 9.53 Å². The summed E-state index contributed by atoms with van der Waals surface area (Å²) in [4.78, 5) is 14.1. The third kappa shape index (κ3) is 4.12. The van der Waals surface area contributed by atoms with Gasteiger partial charge in [0.1, 0.15) is 5.60 Å². The van der Waals surface area contributed by atoms with E-state index in [-0.39, 0.29) is 12.1 Å². The maximum absolute atomic E-state index is 12.3. The quantitative estimate of drug-likeness (QED) is 0.767. The van der Waals surface area contributed by atoms with Gasteiger partial charge in [-0.05, 0) is 39.2 Å². The number of nitrogens with zero attached hydrogens (tertiary/aromatic N) is 1. The van der Waals surface area contributed by atoms with Crippen molar-refractivity contribution in [3.8, 4) is 0 Å². The van der Waals surface area contributed by atoms with Crippen molar-refractivity contribution in [1.29, 1.82) is 0 Å². The predicted molar refractivity (Wildman–Crippen MR) is 80.6 cm³/mol. The predicted octanol–water partition coefficient (Wildman–Crippen LogP) is 3.79. The highest BCUT2D eigenvalue weighted by Gasteiger charge is 2.28. The molecule has 0 spiro atoms. The molecule has 0 saturated carbocycles. The Morgan fingerprint density at radius 3 is 2.65 bits per heavy atom. The van der Waals surface area contributed by atoms with Crippen LogP contribution in [0.4, 0.5) is 4.79 Å². The molecule has 0 N–H and O–H groups in total. The molecule has 0 fully saturated rings. The van der Waals surface area contributed by atoms with Crippen LogP contribution in [0.2, 0.25) is 0 Å². The average molecular weight is 273 g/mol. The third-order valence-electron chi connectivity index (χ3n) is 3.21. The lowest BCUT2D eigenvalue weighted by molar-refractivity contribution is 0.0193. The number of hydrogen-bond donors (Lipinski definition) is 0. The molecule has 3 nitrogen and oxygen atoms in total. The molecule has 1 aliphatic heterocycles. The maximum Gasteiger partial charge on any atom is 0.410 e. The summed E-state index contributed by atoms with van der Waals surface area (Å²) in [7, 11) is 0. The van der Waals surface area contributed by atoms with Gasteiger partial charge >= 0.3 is 6.09 Å². The first-order chi connectivity index (χ1) is 9.46. The largest absolute Gasteiger partial charge is 0.444 e. The van der Waals surface area contributed by atoms with Crippen molar-refractivity contribution >= 4 is 6.09 Å². The van der Waals surface area contributed by atoms with Crippen molar-refractivity contribution in [1.82, 2.24) is 4.90 Å². The van der Waals surface area contributed by atoms with Crippen molar-refractivity contribution in [3.63, 3.8) is 0 Å².